The van der Waals surface area contributed by atoms with Crippen LogP contribution in [0.15, 0.2) is 24.3 Å². The molecule has 0 spiro atoms. The Morgan fingerprint density at radius 3 is 3.13 bits per heavy atom. The van der Waals surface area contributed by atoms with Crippen LogP contribution in [0.1, 0.15) is 38.2 Å². The highest BCUT2D eigenvalue weighted by Gasteiger charge is 2.16. The maximum atomic E-state index is 3.60. The summed E-state index contributed by atoms with van der Waals surface area (Å²) in [6, 6.07) is 9.24. The molecule has 1 nitrogen and oxygen atoms in total. The van der Waals surface area contributed by atoms with E-state index in [1.165, 1.54) is 43.4 Å². The van der Waals surface area contributed by atoms with Gasteiger partial charge in [-0.3, -0.25) is 0 Å². The monoisotopic (exact) mass is 202 g/mol. The van der Waals surface area contributed by atoms with Crippen molar-refractivity contribution in [3.8, 4) is 0 Å². The summed E-state index contributed by atoms with van der Waals surface area (Å²) in [5, 5.41) is 3.60. The first-order valence-corrected chi connectivity index (χ1v) is 6.08. The molecule has 0 saturated heterocycles. The van der Waals surface area contributed by atoms with Crippen LogP contribution in [0.2, 0.25) is 0 Å². The molecule has 81 valence electrons. The summed E-state index contributed by atoms with van der Waals surface area (Å²) in [5.41, 5.74) is 2.80. The zero-order valence-corrected chi connectivity index (χ0v) is 9.50. The van der Waals surface area contributed by atoms with Gasteiger partial charge in [0.05, 0.1) is 0 Å². The van der Waals surface area contributed by atoms with Gasteiger partial charge in [-0.15, -0.1) is 0 Å². The van der Waals surface area contributed by atoms with Crippen molar-refractivity contribution in [3.05, 3.63) is 36.2 Å². The number of fused-ring (bicyclic) bond motifs is 1. The highest BCUT2D eigenvalue weighted by molar-refractivity contribution is 5.54. The predicted molar refractivity (Wildman–Crippen MR) is 66.0 cm³/mol. The lowest BCUT2D eigenvalue weighted by molar-refractivity contribution is 0.646. The molecule has 1 aromatic rings. The highest BCUT2D eigenvalue weighted by Crippen LogP contribution is 2.25. The maximum Gasteiger partial charge on any atom is 0.0374 e. The van der Waals surface area contributed by atoms with Crippen LogP contribution in [0.25, 0.3) is 0 Å². The lowest BCUT2D eigenvalue weighted by atomic mass is 9.95. The van der Waals surface area contributed by atoms with Gasteiger partial charge in [0.15, 0.2) is 0 Å². The second kappa shape index (κ2) is 5.20. The molecule has 0 aliphatic carbocycles. The van der Waals surface area contributed by atoms with E-state index in [4.69, 9.17) is 0 Å². The van der Waals surface area contributed by atoms with E-state index >= 15 is 0 Å². The number of para-hydroxylation sites is 1. The fraction of sp³-hybridized carbons (Fsp3) is 0.500. The third-order valence-corrected chi connectivity index (χ3v) is 3.09. The Morgan fingerprint density at radius 1 is 1.40 bits per heavy atom. The number of nitrogens with one attached hydrogen (secondary N) is 1. The lowest BCUT2D eigenvalue weighted by Gasteiger charge is -2.26. The van der Waals surface area contributed by atoms with Crippen molar-refractivity contribution in [2.75, 3.05) is 5.32 Å². The van der Waals surface area contributed by atoms with Crippen molar-refractivity contribution in [2.24, 2.45) is 0 Å². The Bertz CT molecular complexity index is 306. The average Bonchev–Trinajstić information content (AvgIpc) is 2.29. The summed E-state index contributed by atoms with van der Waals surface area (Å²) in [7, 11) is 0. The highest BCUT2D eigenvalue weighted by atomic mass is 14.9. The minimum absolute atomic E-state index is 0.589. The van der Waals surface area contributed by atoms with Crippen LogP contribution in [-0.4, -0.2) is 6.04 Å². The van der Waals surface area contributed by atoms with Gasteiger partial charge in [0.1, 0.15) is 0 Å². The molecular formula is C14H20N. The Balaban J connectivity index is 1.88. The largest absolute Gasteiger partial charge is 0.382 e. The molecule has 1 radical (unpaired) electrons. The van der Waals surface area contributed by atoms with E-state index in [0.29, 0.717) is 6.04 Å². The Hall–Kier alpha value is -0.980. The molecule has 0 amide bonds. The molecule has 0 bridgehead atoms. The number of benzene rings is 1. The van der Waals surface area contributed by atoms with Crippen LogP contribution in [0.4, 0.5) is 5.69 Å². The van der Waals surface area contributed by atoms with Crippen LogP contribution >= 0.6 is 0 Å². The molecule has 1 heteroatoms. The Morgan fingerprint density at radius 2 is 2.27 bits per heavy atom. The summed E-state index contributed by atoms with van der Waals surface area (Å²) in [6.07, 6.45) is 8.77. The van der Waals surface area contributed by atoms with Gasteiger partial charge in [0.2, 0.25) is 0 Å². The molecule has 1 aromatic carbocycles. The number of aryl methyl sites for hydroxylation is 1. The van der Waals surface area contributed by atoms with Crippen LogP contribution in [0, 0.1) is 6.42 Å². The van der Waals surface area contributed by atoms with E-state index in [1.54, 1.807) is 0 Å². The third kappa shape index (κ3) is 2.74. The Labute approximate surface area is 92.9 Å². The van der Waals surface area contributed by atoms with Crippen molar-refractivity contribution < 1.29 is 0 Å². The molecule has 0 aromatic heterocycles. The Kier molecular flexibility index (Phi) is 3.65. The third-order valence-electron chi connectivity index (χ3n) is 3.09. The normalized spacial score (nSPS) is 19.4. The zero-order valence-electron chi connectivity index (χ0n) is 9.50. The van der Waals surface area contributed by atoms with Crippen LogP contribution in [0.5, 0.6) is 0 Å². The smallest absolute Gasteiger partial charge is 0.0374 e. The first kappa shape index (κ1) is 10.5. The molecule has 1 atom stereocenters. The summed E-state index contributed by atoms with van der Waals surface area (Å²) >= 11 is 0. The maximum absolute atomic E-state index is 3.60. The van der Waals surface area contributed by atoms with Gasteiger partial charge in [-0.1, -0.05) is 38.0 Å². The van der Waals surface area contributed by atoms with Gasteiger partial charge in [0, 0.05) is 11.7 Å². The summed E-state index contributed by atoms with van der Waals surface area (Å²) in [6.45, 7) is 2.25. The van der Waals surface area contributed by atoms with Gasteiger partial charge in [-0.2, -0.15) is 0 Å². The SMILES string of the molecule is CCCC[CH]C1CCc2ccccc2N1. The average molecular weight is 202 g/mol. The van der Waals surface area contributed by atoms with Gasteiger partial charge < -0.3 is 5.32 Å². The molecule has 15 heavy (non-hydrogen) atoms. The molecule has 1 heterocycles. The number of rotatable bonds is 4. The van der Waals surface area contributed by atoms with E-state index < -0.39 is 0 Å². The van der Waals surface area contributed by atoms with E-state index in [9.17, 15) is 0 Å². The molecule has 1 N–H and O–H groups in total. The second-order valence-electron chi connectivity index (χ2n) is 4.32. The second-order valence-corrected chi connectivity index (χ2v) is 4.32. The number of anilines is 1. The minimum Gasteiger partial charge on any atom is -0.382 e. The fourth-order valence-electron chi connectivity index (χ4n) is 2.16. The first-order valence-electron chi connectivity index (χ1n) is 6.08. The summed E-state index contributed by atoms with van der Waals surface area (Å²) in [4.78, 5) is 0. The molecule has 1 aliphatic rings. The van der Waals surface area contributed by atoms with Crippen molar-refractivity contribution in [1.29, 1.82) is 0 Å². The van der Waals surface area contributed by atoms with Crippen molar-refractivity contribution in [1.82, 2.24) is 0 Å². The van der Waals surface area contributed by atoms with E-state index in [-0.39, 0.29) is 0 Å². The van der Waals surface area contributed by atoms with Crippen LogP contribution in [-0.2, 0) is 6.42 Å². The number of unbranched alkanes of at least 4 members (excludes halogenated alkanes) is 2. The fourth-order valence-corrected chi connectivity index (χ4v) is 2.16. The number of hydrogen-bond donors (Lipinski definition) is 1. The van der Waals surface area contributed by atoms with Crippen molar-refractivity contribution in [3.63, 3.8) is 0 Å². The van der Waals surface area contributed by atoms with E-state index in [1.807, 2.05) is 0 Å². The molecule has 1 aliphatic heterocycles. The van der Waals surface area contributed by atoms with Crippen LogP contribution < -0.4 is 5.32 Å². The predicted octanol–water partition coefficient (Wildman–Crippen LogP) is 3.81. The lowest BCUT2D eigenvalue weighted by Crippen LogP contribution is -2.25. The van der Waals surface area contributed by atoms with Gasteiger partial charge in [0.25, 0.3) is 0 Å². The topological polar surface area (TPSA) is 12.0 Å². The molecule has 2 rings (SSSR count). The van der Waals surface area contributed by atoms with Crippen LogP contribution in [0.3, 0.4) is 0 Å². The quantitative estimate of drug-likeness (QED) is 0.732. The van der Waals surface area contributed by atoms with Crippen molar-refractivity contribution in [2.45, 2.75) is 45.1 Å². The summed E-state index contributed by atoms with van der Waals surface area (Å²) < 4.78 is 0. The van der Waals surface area contributed by atoms with Crippen molar-refractivity contribution >= 4 is 5.69 Å². The summed E-state index contributed by atoms with van der Waals surface area (Å²) in [5.74, 6) is 0. The molecule has 0 fully saturated rings. The van der Waals surface area contributed by atoms with Gasteiger partial charge in [-0.05, 0) is 37.3 Å². The standard InChI is InChI=1S/C14H20N/c1-2-3-4-8-13-11-10-12-7-5-6-9-14(12)15-13/h5-9,13,15H,2-4,10-11H2,1H3. The zero-order chi connectivity index (χ0) is 10.5. The van der Waals surface area contributed by atoms with E-state index in [2.05, 4.69) is 42.9 Å². The first-order chi connectivity index (χ1) is 7.40. The number of hydrogen-bond acceptors (Lipinski definition) is 1. The molecular weight excluding hydrogens is 182 g/mol. The van der Waals surface area contributed by atoms with Gasteiger partial charge >= 0.3 is 0 Å². The minimum atomic E-state index is 0.589. The molecule has 0 saturated carbocycles. The van der Waals surface area contributed by atoms with Gasteiger partial charge in [-0.25, -0.2) is 0 Å². The molecule has 1 unspecified atom stereocenters. The van der Waals surface area contributed by atoms with E-state index in [0.717, 1.165) is 0 Å².